The number of carbonyl (C=O) groups is 3. The fourth-order valence-electron chi connectivity index (χ4n) is 2.91. The van der Waals surface area contributed by atoms with Crippen molar-refractivity contribution in [1.82, 2.24) is 9.88 Å². The molecule has 0 aliphatic carbocycles. The molecule has 3 rings (SSSR count). The Hall–Kier alpha value is -3.08. The summed E-state index contributed by atoms with van der Waals surface area (Å²) >= 11 is 2.77. The molecule has 0 unspecified atom stereocenters. The second-order valence-electron chi connectivity index (χ2n) is 7.04. The number of likely N-dealkylation sites (N-methyl/N-ethyl adjacent to an activating group) is 1. The second kappa shape index (κ2) is 11.0. The lowest BCUT2D eigenvalue weighted by Crippen LogP contribution is -2.36. The standard InChI is InChI=1S/C22H24N4O4S2/c1-4-30-22(29)20-15(16-6-5-9-31-16)13-32-21(20)25-19(28)12-26(3)11-18(27)24-17-8-7-14(2)10-23-17/h5-10,13H,4,11-12H2,1-3H3,(H,25,28)(H,23,24,27). The average molecular weight is 473 g/mol. The number of amides is 2. The predicted octanol–water partition coefficient (Wildman–Crippen LogP) is 3.87. The van der Waals surface area contributed by atoms with E-state index >= 15 is 0 Å². The van der Waals surface area contributed by atoms with Gasteiger partial charge in [-0.2, -0.15) is 0 Å². The average Bonchev–Trinajstić information content (AvgIpc) is 3.39. The summed E-state index contributed by atoms with van der Waals surface area (Å²) in [6.07, 6.45) is 1.67. The minimum atomic E-state index is -0.481. The molecule has 0 fully saturated rings. The number of esters is 1. The van der Waals surface area contributed by atoms with Gasteiger partial charge in [-0.3, -0.25) is 14.5 Å². The number of aromatic nitrogens is 1. The van der Waals surface area contributed by atoms with Crippen LogP contribution in [-0.2, 0) is 14.3 Å². The van der Waals surface area contributed by atoms with E-state index in [0.717, 1.165) is 16.0 Å². The Morgan fingerprint density at radius 1 is 1.09 bits per heavy atom. The van der Waals surface area contributed by atoms with Crippen LogP contribution in [0.15, 0.2) is 41.2 Å². The monoisotopic (exact) mass is 472 g/mol. The molecule has 0 saturated heterocycles. The molecule has 2 N–H and O–H groups in total. The van der Waals surface area contributed by atoms with Crippen molar-refractivity contribution in [3.8, 4) is 10.4 Å². The van der Waals surface area contributed by atoms with Crippen LogP contribution in [0.3, 0.4) is 0 Å². The largest absolute Gasteiger partial charge is 0.462 e. The van der Waals surface area contributed by atoms with Gasteiger partial charge in [0.05, 0.1) is 19.7 Å². The highest BCUT2D eigenvalue weighted by atomic mass is 32.1. The van der Waals surface area contributed by atoms with Gasteiger partial charge in [0.15, 0.2) is 0 Å². The van der Waals surface area contributed by atoms with Crippen molar-refractivity contribution in [2.75, 3.05) is 37.4 Å². The van der Waals surface area contributed by atoms with Gasteiger partial charge in [-0.15, -0.1) is 22.7 Å². The van der Waals surface area contributed by atoms with E-state index in [1.807, 2.05) is 35.9 Å². The number of pyridine rings is 1. The first-order valence-electron chi connectivity index (χ1n) is 9.90. The van der Waals surface area contributed by atoms with Crippen molar-refractivity contribution in [3.63, 3.8) is 0 Å². The van der Waals surface area contributed by atoms with Gasteiger partial charge >= 0.3 is 5.97 Å². The van der Waals surface area contributed by atoms with Crippen molar-refractivity contribution < 1.29 is 19.1 Å². The van der Waals surface area contributed by atoms with Gasteiger partial charge in [-0.25, -0.2) is 9.78 Å². The van der Waals surface area contributed by atoms with Crippen molar-refractivity contribution in [2.45, 2.75) is 13.8 Å². The van der Waals surface area contributed by atoms with Crippen LogP contribution >= 0.6 is 22.7 Å². The third-order valence-electron chi connectivity index (χ3n) is 4.32. The molecule has 0 bridgehead atoms. The van der Waals surface area contributed by atoms with E-state index in [-0.39, 0.29) is 31.5 Å². The van der Waals surface area contributed by atoms with Crippen LogP contribution in [0.2, 0.25) is 0 Å². The fraction of sp³-hybridized carbons (Fsp3) is 0.273. The van der Waals surface area contributed by atoms with Crippen molar-refractivity contribution in [2.24, 2.45) is 0 Å². The highest BCUT2D eigenvalue weighted by Gasteiger charge is 2.23. The maximum Gasteiger partial charge on any atom is 0.341 e. The van der Waals surface area contributed by atoms with Crippen molar-refractivity contribution >= 4 is 51.3 Å². The van der Waals surface area contributed by atoms with E-state index in [4.69, 9.17) is 4.74 Å². The van der Waals surface area contributed by atoms with E-state index in [2.05, 4.69) is 15.6 Å². The van der Waals surface area contributed by atoms with Crippen LogP contribution in [-0.4, -0.2) is 54.4 Å². The number of nitrogens with zero attached hydrogens (tertiary/aromatic N) is 2. The summed E-state index contributed by atoms with van der Waals surface area (Å²) in [7, 11) is 1.67. The number of carbonyl (C=O) groups excluding carboxylic acids is 3. The molecule has 0 atom stereocenters. The van der Waals surface area contributed by atoms with Crippen LogP contribution < -0.4 is 10.6 Å². The smallest absolute Gasteiger partial charge is 0.341 e. The molecule has 0 aliphatic heterocycles. The van der Waals surface area contributed by atoms with Crippen LogP contribution in [0.5, 0.6) is 0 Å². The minimum Gasteiger partial charge on any atom is -0.462 e. The van der Waals surface area contributed by atoms with Crippen molar-refractivity contribution in [1.29, 1.82) is 0 Å². The van der Waals surface area contributed by atoms with E-state index < -0.39 is 5.97 Å². The zero-order chi connectivity index (χ0) is 23.1. The third kappa shape index (κ3) is 6.22. The highest BCUT2D eigenvalue weighted by Crippen LogP contribution is 2.38. The maximum atomic E-state index is 12.6. The Morgan fingerprint density at radius 2 is 1.84 bits per heavy atom. The molecular weight excluding hydrogens is 448 g/mol. The van der Waals surface area contributed by atoms with E-state index in [1.54, 1.807) is 31.1 Å². The SMILES string of the molecule is CCOC(=O)c1c(-c2cccs2)csc1NC(=O)CN(C)CC(=O)Nc1ccc(C)cn1. The molecule has 8 nitrogen and oxygen atoms in total. The molecule has 3 aromatic rings. The predicted molar refractivity (Wildman–Crippen MR) is 127 cm³/mol. The van der Waals surface area contributed by atoms with Gasteiger partial charge in [0, 0.05) is 22.0 Å². The van der Waals surface area contributed by atoms with Gasteiger partial charge in [-0.1, -0.05) is 12.1 Å². The summed E-state index contributed by atoms with van der Waals surface area (Å²) in [6, 6.07) is 7.39. The number of hydrogen-bond acceptors (Lipinski definition) is 8. The molecule has 0 aliphatic rings. The maximum absolute atomic E-state index is 12.6. The Labute approximate surface area is 194 Å². The zero-order valence-electron chi connectivity index (χ0n) is 18.0. The molecule has 0 aromatic carbocycles. The molecule has 10 heteroatoms. The van der Waals surface area contributed by atoms with E-state index in [0.29, 0.717) is 16.4 Å². The summed E-state index contributed by atoms with van der Waals surface area (Å²) in [6.45, 7) is 3.87. The van der Waals surface area contributed by atoms with Crippen LogP contribution in [0.25, 0.3) is 10.4 Å². The number of ether oxygens (including phenoxy) is 1. The Morgan fingerprint density at radius 3 is 2.47 bits per heavy atom. The van der Waals surface area contributed by atoms with Crippen LogP contribution in [0.1, 0.15) is 22.8 Å². The first-order valence-corrected chi connectivity index (χ1v) is 11.7. The number of anilines is 2. The second-order valence-corrected chi connectivity index (χ2v) is 8.87. The normalized spacial score (nSPS) is 10.8. The molecular formula is C22H24N4O4S2. The molecule has 0 radical (unpaired) electrons. The molecule has 2 amide bonds. The number of rotatable bonds is 9. The Bertz CT molecular complexity index is 1080. The lowest BCUT2D eigenvalue weighted by Gasteiger charge is -2.16. The number of hydrogen-bond donors (Lipinski definition) is 2. The lowest BCUT2D eigenvalue weighted by atomic mass is 10.1. The summed E-state index contributed by atoms with van der Waals surface area (Å²) in [4.78, 5) is 44.0. The molecule has 3 aromatic heterocycles. The number of nitrogens with one attached hydrogen (secondary N) is 2. The first-order chi connectivity index (χ1) is 15.4. The van der Waals surface area contributed by atoms with Gasteiger partial charge in [0.1, 0.15) is 16.4 Å². The van der Waals surface area contributed by atoms with Crippen LogP contribution in [0, 0.1) is 6.92 Å². The van der Waals surface area contributed by atoms with E-state index in [1.165, 1.54) is 22.7 Å². The lowest BCUT2D eigenvalue weighted by molar-refractivity contribution is -0.119. The summed E-state index contributed by atoms with van der Waals surface area (Å²) < 4.78 is 5.20. The van der Waals surface area contributed by atoms with Gasteiger partial charge < -0.3 is 15.4 Å². The first kappa shape index (κ1) is 23.6. The van der Waals surface area contributed by atoms with Crippen LogP contribution in [0.4, 0.5) is 10.8 Å². The summed E-state index contributed by atoms with van der Waals surface area (Å²) in [5, 5.41) is 9.67. The quantitative estimate of drug-likeness (QED) is 0.459. The Kier molecular flexibility index (Phi) is 8.09. The number of thiophene rings is 2. The summed E-state index contributed by atoms with van der Waals surface area (Å²) in [5.41, 5.74) is 2.07. The summed E-state index contributed by atoms with van der Waals surface area (Å²) in [5.74, 6) is -0.637. The van der Waals surface area contributed by atoms with Crippen molar-refractivity contribution in [3.05, 3.63) is 52.3 Å². The van der Waals surface area contributed by atoms with Gasteiger partial charge in [-0.05, 0) is 44.0 Å². The van der Waals surface area contributed by atoms with Gasteiger partial charge in [0.2, 0.25) is 11.8 Å². The highest BCUT2D eigenvalue weighted by molar-refractivity contribution is 7.17. The topological polar surface area (TPSA) is 101 Å². The van der Waals surface area contributed by atoms with E-state index in [9.17, 15) is 14.4 Å². The zero-order valence-corrected chi connectivity index (χ0v) is 19.6. The minimum absolute atomic E-state index is 0.0125. The molecule has 32 heavy (non-hydrogen) atoms. The molecule has 0 saturated carbocycles. The third-order valence-corrected chi connectivity index (χ3v) is 6.11. The van der Waals surface area contributed by atoms with Gasteiger partial charge in [0.25, 0.3) is 0 Å². The Balaban J connectivity index is 1.62. The molecule has 3 heterocycles. The number of aryl methyl sites for hydroxylation is 1. The molecule has 0 spiro atoms. The molecule has 168 valence electrons. The fourth-order valence-corrected chi connectivity index (χ4v) is 4.69.